The van der Waals surface area contributed by atoms with Crippen LogP contribution in [0.1, 0.15) is 24.4 Å². The number of aliphatic carboxylic acids is 1. The van der Waals surface area contributed by atoms with E-state index in [1.165, 1.54) is 0 Å². The van der Waals surface area contributed by atoms with Crippen LogP contribution in [-0.2, 0) is 4.79 Å². The van der Waals surface area contributed by atoms with E-state index in [4.69, 9.17) is 14.6 Å². The third-order valence-electron chi connectivity index (χ3n) is 3.66. The largest absolute Gasteiger partial charge is 0.486 e. The average Bonchev–Trinajstić information content (AvgIpc) is 2.85. The van der Waals surface area contributed by atoms with Gasteiger partial charge in [-0.2, -0.15) is 0 Å². The first-order chi connectivity index (χ1) is 9.25. The quantitative estimate of drug-likeness (QED) is 0.899. The molecule has 1 atom stereocenters. The van der Waals surface area contributed by atoms with Crippen molar-refractivity contribution in [3.05, 3.63) is 23.8 Å². The summed E-state index contributed by atoms with van der Waals surface area (Å²) in [7, 11) is 0. The predicted molar refractivity (Wildman–Crippen MR) is 68.6 cm³/mol. The van der Waals surface area contributed by atoms with Gasteiger partial charge in [0.1, 0.15) is 13.2 Å². The van der Waals surface area contributed by atoms with Crippen LogP contribution in [-0.4, -0.2) is 42.3 Å². The Morgan fingerprint density at radius 2 is 2.21 bits per heavy atom. The molecule has 2 aliphatic rings. The molecule has 2 aliphatic heterocycles. The minimum absolute atomic E-state index is 0.0786. The van der Waals surface area contributed by atoms with Crippen molar-refractivity contribution in [2.45, 2.75) is 18.9 Å². The first-order valence-electron chi connectivity index (χ1n) is 6.60. The van der Waals surface area contributed by atoms with Crippen LogP contribution >= 0.6 is 0 Å². The molecule has 5 nitrogen and oxygen atoms in total. The van der Waals surface area contributed by atoms with Crippen LogP contribution in [0.2, 0.25) is 0 Å². The van der Waals surface area contributed by atoms with Crippen molar-refractivity contribution in [2.24, 2.45) is 0 Å². The van der Waals surface area contributed by atoms with Crippen molar-refractivity contribution in [1.29, 1.82) is 0 Å². The number of para-hydroxylation sites is 1. The zero-order valence-corrected chi connectivity index (χ0v) is 10.7. The lowest BCUT2D eigenvalue weighted by Gasteiger charge is -2.27. The SMILES string of the molecule is O=C(O)CN1CCCC1c1cccc2c1OCCO2. The summed E-state index contributed by atoms with van der Waals surface area (Å²) in [4.78, 5) is 12.9. The lowest BCUT2D eigenvalue weighted by atomic mass is 10.0. The normalized spacial score (nSPS) is 22.4. The Hall–Kier alpha value is -1.75. The highest BCUT2D eigenvalue weighted by Gasteiger charge is 2.31. The molecule has 1 unspecified atom stereocenters. The molecule has 1 aromatic carbocycles. The molecule has 19 heavy (non-hydrogen) atoms. The van der Waals surface area contributed by atoms with Gasteiger partial charge in [-0.25, -0.2) is 0 Å². The Kier molecular flexibility index (Phi) is 3.29. The van der Waals surface area contributed by atoms with E-state index in [1.54, 1.807) is 0 Å². The summed E-state index contributed by atoms with van der Waals surface area (Å²) in [5.41, 5.74) is 1.05. The third-order valence-corrected chi connectivity index (χ3v) is 3.66. The van der Waals surface area contributed by atoms with Crippen LogP contribution in [0.5, 0.6) is 11.5 Å². The maximum Gasteiger partial charge on any atom is 0.317 e. The summed E-state index contributed by atoms with van der Waals surface area (Å²) in [5.74, 6) is 0.774. The molecule has 0 saturated carbocycles. The maximum absolute atomic E-state index is 10.9. The Bertz CT molecular complexity index is 488. The third kappa shape index (κ3) is 2.38. The number of fused-ring (bicyclic) bond motifs is 1. The second kappa shape index (κ2) is 5.09. The topological polar surface area (TPSA) is 59.0 Å². The fraction of sp³-hybridized carbons (Fsp3) is 0.500. The van der Waals surface area contributed by atoms with Gasteiger partial charge in [0, 0.05) is 11.6 Å². The Morgan fingerprint density at radius 3 is 3.05 bits per heavy atom. The Balaban J connectivity index is 1.90. The van der Waals surface area contributed by atoms with Gasteiger partial charge in [0.15, 0.2) is 11.5 Å². The Morgan fingerprint density at radius 1 is 1.37 bits per heavy atom. The zero-order chi connectivity index (χ0) is 13.2. The zero-order valence-electron chi connectivity index (χ0n) is 10.7. The van der Waals surface area contributed by atoms with Gasteiger partial charge in [-0.3, -0.25) is 9.69 Å². The molecule has 0 amide bonds. The smallest absolute Gasteiger partial charge is 0.317 e. The highest BCUT2D eigenvalue weighted by molar-refractivity contribution is 5.69. The maximum atomic E-state index is 10.9. The lowest BCUT2D eigenvalue weighted by Crippen LogP contribution is -2.30. The number of ether oxygens (including phenoxy) is 2. The summed E-state index contributed by atoms with van der Waals surface area (Å²) in [6, 6.07) is 5.97. The van der Waals surface area contributed by atoms with E-state index in [-0.39, 0.29) is 12.6 Å². The number of hydrogen-bond donors (Lipinski definition) is 1. The van der Waals surface area contributed by atoms with Gasteiger partial charge in [0.05, 0.1) is 6.54 Å². The van der Waals surface area contributed by atoms with Gasteiger partial charge in [-0.15, -0.1) is 0 Å². The summed E-state index contributed by atoms with van der Waals surface area (Å²) in [6.45, 7) is 2.02. The fourth-order valence-corrected chi connectivity index (χ4v) is 2.90. The summed E-state index contributed by atoms with van der Waals surface area (Å²) >= 11 is 0. The second-order valence-corrected chi connectivity index (χ2v) is 4.89. The van der Waals surface area contributed by atoms with Crippen LogP contribution < -0.4 is 9.47 Å². The number of nitrogens with zero attached hydrogens (tertiary/aromatic N) is 1. The van der Waals surface area contributed by atoms with E-state index in [0.717, 1.165) is 36.4 Å². The van der Waals surface area contributed by atoms with Crippen LogP contribution in [0.15, 0.2) is 18.2 Å². The molecule has 1 N–H and O–H groups in total. The van der Waals surface area contributed by atoms with Gasteiger partial charge in [0.25, 0.3) is 0 Å². The van der Waals surface area contributed by atoms with Gasteiger partial charge in [-0.05, 0) is 25.5 Å². The highest BCUT2D eigenvalue weighted by Crippen LogP contribution is 2.42. The van der Waals surface area contributed by atoms with Crippen molar-refractivity contribution in [3.63, 3.8) is 0 Å². The van der Waals surface area contributed by atoms with Gasteiger partial charge in [-0.1, -0.05) is 12.1 Å². The molecule has 5 heteroatoms. The van der Waals surface area contributed by atoms with E-state index >= 15 is 0 Å². The van der Waals surface area contributed by atoms with Crippen LogP contribution in [0.25, 0.3) is 0 Å². The number of rotatable bonds is 3. The molecular weight excluding hydrogens is 246 g/mol. The summed E-state index contributed by atoms with van der Waals surface area (Å²) in [6.07, 6.45) is 1.98. The Labute approximate surface area is 111 Å². The van der Waals surface area contributed by atoms with E-state index in [2.05, 4.69) is 0 Å². The number of hydrogen-bond acceptors (Lipinski definition) is 4. The summed E-state index contributed by atoms with van der Waals surface area (Å²) in [5, 5.41) is 8.98. The molecule has 0 spiro atoms. The van der Waals surface area contributed by atoms with Crippen molar-refractivity contribution < 1.29 is 19.4 Å². The number of carbonyl (C=O) groups is 1. The van der Waals surface area contributed by atoms with E-state index in [1.807, 2.05) is 23.1 Å². The van der Waals surface area contributed by atoms with Crippen LogP contribution in [0, 0.1) is 0 Å². The van der Waals surface area contributed by atoms with Crippen LogP contribution in [0.4, 0.5) is 0 Å². The molecule has 1 fully saturated rings. The number of carboxylic acid groups (broad SMARTS) is 1. The standard InChI is InChI=1S/C14H17NO4/c16-13(17)9-15-6-2-4-11(15)10-3-1-5-12-14(10)19-8-7-18-12/h1,3,5,11H,2,4,6-9H2,(H,16,17). The minimum Gasteiger partial charge on any atom is -0.486 e. The molecule has 102 valence electrons. The van der Waals surface area contributed by atoms with Crippen molar-refractivity contribution in [3.8, 4) is 11.5 Å². The first-order valence-corrected chi connectivity index (χ1v) is 6.60. The minimum atomic E-state index is -0.783. The van der Waals surface area contributed by atoms with E-state index < -0.39 is 5.97 Å². The molecule has 1 aromatic rings. The van der Waals surface area contributed by atoms with E-state index in [0.29, 0.717) is 13.2 Å². The molecule has 0 radical (unpaired) electrons. The van der Waals surface area contributed by atoms with E-state index in [9.17, 15) is 4.79 Å². The second-order valence-electron chi connectivity index (χ2n) is 4.89. The highest BCUT2D eigenvalue weighted by atomic mass is 16.6. The van der Waals surface area contributed by atoms with Crippen molar-refractivity contribution in [2.75, 3.05) is 26.3 Å². The summed E-state index contributed by atoms with van der Waals surface area (Å²) < 4.78 is 11.3. The molecular formula is C14H17NO4. The molecule has 1 saturated heterocycles. The number of benzene rings is 1. The van der Waals surface area contributed by atoms with Crippen molar-refractivity contribution in [1.82, 2.24) is 4.90 Å². The van der Waals surface area contributed by atoms with Gasteiger partial charge < -0.3 is 14.6 Å². The number of likely N-dealkylation sites (tertiary alicyclic amines) is 1. The van der Waals surface area contributed by atoms with Gasteiger partial charge >= 0.3 is 5.97 Å². The monoisotopic (exact) mass is 263 g/mol. The molecule has 0 bridgehead atoms. The molecule has 0 aromatic heterocycles. The molecule has 2 heterocycles. The lowest BCUT2D eigenvalue weighted by molar-refractivity contribution is -0.138. The van der Waals surface area contributed by atoms with Crippen molar-refractivity contribution >= 4 is 5.97 Å². The first kappa shape index (κ1) is 12.3. The molecule has 0 aliphatic carbocycles. The van der Waals surface area contributed by atoms with Crippen LogP contribution in [0.3, 0.4) is 0 Å². The molecule has 3 rings (SSSR count). The fourth-order valence-electron chi connectivity index (χ4n) is 2.90. The number of carboxylic acids is 1. The predicted octanol–water partition coefficient (Wildman–Crippen LogP) is 1.68. The van der Waals surface area contributed by atoms with Gasteiger partial charge in [0.2, 0.25) is 0 Å². The average molecular weight is 263 g/mol.